The van der Waals surface area contributed by atoms with E-state index in [1.54, 1.807) is 11.9 Å². The zero-order chi connectivity index (χ0) is 14.9. The van der Waals surface area contributed by atoms with E-state index in [0.717, 1.165) is 19.3 Å². The van der Waals surface area contributed by atoms with Gasteiger partial charge in [-0.25, -0.2) is 4.79 Å². The van der Waals surface area contributed by atoms with Crippen LogP contribution in [-0.2, 0) is 9.53 Å². The monoisotopic (exact) mass is 284 g/mol. The van der Waals surface area contributed by atoms with Crippen LogP contribution in [0.5, 0.6) is 0 Å². The SMILES string of the molecule is CCC1CCC(C)N1C(=O)N(C)C1COCC1C(=O)O. The van der Waals surface area contributed by atoms with E-state index in [9.17, 15) is 14.7 Å². The number of likely N-dealkylation sites (tertiary alicyclic amines) is 1. The Morgan fingerprint density at radius 3 is 2.65 bits per heavy atom. The van der Waals surface area contributed by atoms with Crippen molar-refractivity contribution in [3.63, 3.8) is 0 Å². The van der Waals surface area contributed by atoms with E-state index >= 15 is 0 Å². The van der Waals surface area contributed by atoms with Gasteiger partial charge in [0, 0.05) is 19.1 Å². The number of nitrogens with zero attached hydrogens (tertiary/aromatic N) is 2. The van der Waals surface area contributed by atoms with Gasteiger partial charge < -0.3 is 19.6 Å². The standard InChI is InChI=1S/C14H24N2O4/c1-4-10-6-5-9(2)16(10)14(19)15(3)12-8-20-7-11(12)13(17)18/h9-12H,4-8H2,1-3H3,(H,17,18). The summed E-state index contributed by atoms with van der Waals surface area (Å²) in [5, 5.41) is 9.20. The molecule has 2 heterocycles. The molecule has 2 amide bonds. The van der Waals surface area contributed by atoms with Gasteiger partial charge in [-0.1, -0.05) is 6.92 Å². The van der Waals surface area contributed by atoms with Crippen LogP contribution in [0.1, 0.15) is 33.1 Å². The third-order valence-corrected chi connectivity index (χ3v) is 4.64. The highest BCUT2D eigenvalue weighted by Crippen LogP contribution is 2.29. The second-order valence-electron chi connectivity index (χ2n) is 5.84. The summed E-state index contributed by atoms with van der Waals surface area (Å²) in [5.74, 6) is -1.52. The molecule has 4 unspecified atom stereocenters. The van der Waals surface area contributed by atoms with Gasteiger partial charge in [0.2, 0.25) is 0 Å². The van der Waals surface area contributed by atoms with Crippen LogP contribution in [0.4, 0.5) is 4.79 Å². The third-order valence-electron chi connectivity index (χ3n) is 4.64. The van der Waals surface area contributed by atoms with Crippen LogP contribution >= 0.6 is 0 Å². The van der Waals surface area contributed by atoms with E-state index in [1.165, 1.54) is 0 Å². The van der Waals surface area contributed by atoms with Gasteiger partial charge in [-0.05, 0) is 26.2 Å². The minimum absolute atomic E-state index is 0.0661. The Morgan fingerprint density at radius 2 is 2.05 bits per heavy atom. The van der Waals surface area contributed by atoms with Crippen molar-refractivity contribution in [1.29, 1.82) is 0 Å². The van der Waals surface area contributed by atoms with E-state index in [1.807, 2.05) is 4.90 Å². The maximum absolute atomic E-state index is 12.7. The Kier molecular flexibility index (Phi) is 4.52. The maximum atomic E-state index is 12.7. The second kappa shape index (κ2) is 5.99. The Bertz CT molecular complexity index is 387. The van der Waals surface area contributed by atoms with Crippen molar-refractivity contribution in [2.24, 2.45) is 5.92 Å². The van der Waals surface area contributed by atoms with Gasteiger partial charge in [-0.15, -0.1) is 0 Å². The number of amides is 2. The number of hydrogen-bond acceptors (Lipinski definition) is 3. The highest BCUT2D eigenvalue weighted by atomic mass is 16.5. The lowest BCUT2D eigenvalue weighted by molar-refractivity contribution is -0.142. The van der Waals surface area contributed by atoms with Gasteiger partial charge in [0.25, 0.3) is 0 Å². The minimum Gasteiger partial charge on any atom is -0.481 e. The van der Waals surface area contributed by atoms with E-state index in [0.29, 0.717) is 6.61 Å². The van der Waals surface area contributed by atoms with Gasteiger partial charge in [0.05, 0.1) is 19.3 Å². The van der Waals surface area contributed by atoms with Gasteiger partial charge in [-0.3, -0.25) is 4.79 Å². The Morgan fingerprint density at radius 1 is 1.35 bits per heavy atom. The highest BCUT2D eigenvalue weighted by Gasteiger charge is 2.42. The predicted molar refractivity (Wildman–Crippen MR) is 73.5 cm³/mol. The maximum Gasteiger partial charge on any atom is 0.320 e. The smallest absolute Gasteiger partial charge is 0.320 e. The lowest BCUT2D eigenvalue weighted by atomic mass is 10.0. The van der Waals surface area contributed by atoms with Crippen molar-refractivity contribution in [3.05, 3.63) is 0 Å². The number of rotatable bonds is 3. The van der Waals surface area contributed by atoms with Crippen LogP contribution in [0.25, 0.3) is 0 Å². The normalized spacial score (nSPS) is 33.5. The number of aliphatic carboxylic acids is 1. The highest BCUT2D eigenvalue weighted by molar-refractivity contribution is 5.78. The Labute approximate surface area is 119 Å². The molecule has 0 aliphatic carbocycles. The third kappa shape index (κ3) is 2.61. The number of urea groups is 1. The first-order valence-electron chi connectivity index (χ1n) is 7.33. The van der Waals surface area contributed by atoms with Crippen LogP contribution in [-0.4, -0.2) is 65.3 Å². The van der Waals surface area contributed by atoms with Gasteiger partial charge in [-0.2, -0.15) is 0 Å². The van der Waals surface area contributed by atoms with Crippen LogP contribution in [0, 0.1) is 5.92 Å². The topological polar surface area (TPSA) is 70.1 Å². The Balaban J connectivity index is 2.10. The first-order chi connectivity index (χ1) is 9.47. The molecule has 2 fully saturated rings. The van der Waals surface area contributed by atoms with E-state index < -0.39 is 11.9 Å². The molecular weight excluding hydrogens is 260 g/mol. The van der Waals surface area contributed by atoms with Crippen molar-refractivity contribution in [1.82, 2.24) is 9.80 Å². The van der Waals surface area contributed by atoms with Crippen LogP contribution in [0.2, 0.25) is 0 Å². The Hall–Kier alpha value is -1.30. The summed E-state index contributed by atoms with van der Waals surface area (Å²) >= 11 is 0. The van der Waals surface area contributed by atoms with Crippen molar-refractivity contribution in [3.8, 4) is 0 Å². The van der Waals surface area contributed by atoms with Crippen molar-refractivity contribution >= 4 is 12.0 Å². The average molecular weight is 284 g/mol. The molecule has 6 heteroatoms. The number of carboxylic acid groups (broad SMARTS) is 1. The number of carboxylic acids is 1. The molecule has 2 aliphatic rings. The minimum atomic E-state index is -0.895. The number of carbonyl (C=O) groups is 2. The zero-order valence-electron chi connectivity index (χ0n) is 12.4. The molecule has 0 spiro atoms. The fourth-order valence-electron chi connectivity index (χ4n) is 3.30. The largest absolute Gasteiger partial charge is 0.481 e. The summed E-state index contributed by atoms with van der Waals surface area (Å²) < 4.78 is 5.25. The quantitative estimate of drug-likeness (QED) is 0.850. The molecule has 1 N–H and O–H groups in total. The molecular formula is C14H24N2O4. The number of likely N-dealkylation sites (N-methyl/N-ethyl adjacent to an activating group) is 1. The van der Waals surface area contributed by atoms with Crippen LogP contribution in [0.3, 0.4) is 0 Å². The number of hydrogen-bond donors (Lipinski definition) is 1. The molecule has 2 aliphatic heterocycles. The fourth-order valence-corrected chi connectivity index (χ4v) is 3.30. The molecule has 2 saturated heterocycles. The van der Waals surface area contributed by atoms with E-state index in [4.69, 9.17) is 4.74 Å². The first kappa shape index (κ1) is 15.1. The zero-order valence-corrected chi connectivity index (χ0v) is 12.4. The molecule has 0 radical (unpaired) electrons. The summed E-state index contributed by atoms with van der Waals surface area (Å²) in [6.45, 7) is 4.63. The second-order valence-corrected chi connectivity index (χ2v) is 5.84. The van der Waals surface area contributed by atoms with Crippen LogP contribution in [0.15, 0.2) is 0 Å². The van der Waals surface area contributed by atoms with Crippen LogP contribution < -0.4 is 0 Å². The average Bonchev–Trinajstić information content (AvgIpc) is 3.03. The summed E-state index contributed by atoms with van der Waals surface area (Å²) in [4.78, 5) is 27.4. The summed E-state index contributed by atoms with van der Waals surface area (Å²) in [5.41, 5.74) is 0. The van der Waals surface area contributed by atoms with Gasteiger partial charge in [0.15, 0.2) is 0 Å². The van der Waals surface area contributed by atoms with Crippen molar-refractivity contribution in [2.45, 2.75) is 51.2 Å². The molecule has 0 aromatic carbocycles. The fraction of sp³-hybridized carbons (Fsp3) is 0.857. The molecule has 114 valence electrons. The van der Waals surface area contributed by atoms with E-state index in [2.05, 4.69) is 13.8 Å². The number of ether oxygens (including phenoxy) is 1. The predicted octanol–water partition coefficient (Wildman–Crippen LogP) is 1.40. The lowest BCUT2D eigenvalue weighted by Gasteiger charge is -2.35. The van der Waals surface area contributed by atoms with Crippen molar-refractivity contribution < 1.29 is 19.4 Å². The molecule has 0 aromatic heterocycles. The molecule has 0 saturated carbocycles. The van der Waals surface area contributed by atoms with E-state index in [-0.39, 0.29) is 30.8 Å². The van der Waals surface area contributed by atoms with Gasteiger partial charge >= 0.3 is 12.0 Å². The number of carbonyl (C=O) groups excluding carboxylic acids is 1. The molecule has 0 bridgehead atoms. The summed E-state index contributed by atoms with van der Waals surface area (Å²) in [6.07, 6.45) is 2.98. The van der Waals surface area contributed by atoms with Gasteiger partial charge in [0.1, 0.15) is 5.92 Å². The summed E-state index contributed by atoms with van der Waals surface area (Å²) in [7, 11) is 1.69. The molecule has 2 rings (SSSR count). The summed E-state index contributed by atoms with van der Waals surface area (Å²) in [6, 6.07) is 0.0555. The van der Waals surface area contributed by atoms with Crippen molar-refractivity contribution in [2.75, 3.05) is 20.3 Å². The lowest BCUT2D eigenvalue weighted by Crippen LogP contribution is -2.52. The molecule has 4 atom stereocenters. The molecule has 6 nitrogen and oxygen atoms in total. The molecule has 0 aromatic rings. The first-order valence-corrected chi connectivity index (χ1v) is 7.33. The molecule has 20 heavy (non-hydrogen) atoms.